The highest BCUT2D eigenvalue weighted by atomic mass is 35.5. The standard InChI is InChI=1S/C18H20ClF4N3O2/c1-3-26-8-14(19)15(24-26)9-25(2)16(27)13-6-4-5-12(7-13)10-28-11-18(22,23)17(20)21/h4-8,17H,3,9-11H2,1-2H3. The maximum absolute atomic E-state index is 12.9. The van der Waals surface area contributed by atoms with Gasteiger partial charge in [0.05, 0.1) is 18.2 Å². The monoisotopic (exact) mass is 421 g/mol. The summed E-state index contributed by atoms with van der Waals surface area (Å²) in [6.45, 7) is 1.02. The molecular weight excluding hydrogens is 402 g/mol. The van der Waals surface area contributed by atoms with Crippen molar-refractivity contribution in [2.24, 2.45) is 0 Å². The Morgan fingerprint density at radius 3 is 2.71 bits per heavy atom. The second kappa shape index (κ2) is 9.38. The first-order valence-electron chi connectivity index (χ1n) is 8.44. The third-order valence-corrected chi connectivity index (χ3v) is 4.22. The highest BCUT2D eigenvalue weighted by Gasteiger charge is 2.40. The van der Waals surface area contributed by atoms with Crippen molar-refractivity contribution in [1.29, 1.82) is 0 Å². The smallest absolute Gasteiger partial charge is 0.330 e. The van der Waals surface area contributed by atoms with Crippen molar-refractivity contribution in [3.63, 3.8) is 0 Å². The summed E-state index contributed by atoms with van der Waals surface area (Å²) in [6.07, 6.45) is -2.13. The predicted molar refractivity (Wildman–Crippen MR) is 95.8 cm³/mol. The normalized spacial score (nSPS) is 11.9. The summed E-state index contributed by atoms with van der Waals surface area (Å²) in [6, 6.07) is 6.13. The number of nitrogens with zero attached hydrogens (tertiary/aromatic N) is 3. The minimum atomic E-state index is -4.21. The lowest BCUT2D eigenvalue weighted by molar-refractivity contribution is -0.168. The van der Waals surface area contributed by atoms with Gasteiger partial charge in [-0.25, -0.2) is 8.78 Å². The average Bonchev–Trinajstić information content (AvgIpc) is 3.00. The Labute approximate surface area is 164 Å². The number of carbonyl (C=O) groups excluding carboxylic acids is 1. The van der Waals surface area contributed by atoms with E-state index in [1.54, 1.807) is 36.1 Å². The van der Waals surface area contributed by atoms with E-state index >= 15 is 0 Å². The SMILES string of the molecule is CCn1cc(Cl)c(CN(C)C(=O)c2cccc(COCC(F)(F)C(F)F)c2)n1. The summed E-state index contributed by atoms with van der Waals surface area (Å²) in [7, 11) is 1.58. The molecule has 154 valence electrons. The molecule has 2 aromatic rings. The van der Waals surface area contributed by atoms with Gasteiger partial charge in [-0.15, -0.1) is 0 Å². The van der Waals surface area contributed by atoms with Crippen LogP contribution in [0.15, 0.2) is 30.5 Å². The molecule has 5 nitrogen and oxygen atoms in total. The van der Waals surface area contributed by atoms with E-state index in [0.29, 0.717) is 28.4 Å². The summed E-state index contributed by atoms with van der Waals surface area (Å²) in [5, 5.41) is 4.73. The van der Waals surface area contributed by atoms with Crippen LogP contribution in [0.25, 0.3) is 0 Å². The molecule has 1 heterocycles. The molecule has 0 saturated heterocycles. The molecule has 0 N–H and O–H groups in total. The molecule has 0 aliphatic carbocycles. The van der Waals surface area contributed by atoms with Crippen LogP contribution >= 0.6 is 11.6 Å². The van der Waals surface area contributed by atoms with Gasteiger partial charge in [-0.05, 0) is 24.6 Å². The van der Waals surface area contributed by atoms with Crippen LogP contribution in [-0.2, 0) is 24.4 Å². The highest BCUT2D eigenvalue weighted by molar-refractivity contribution is 6.31. The van der Waals surface area contributed by atoms with Crippen molar-refractivity contribution in [3.8, 4) is 0 Å². The number of rotatable bonds is 9. The number of benzene rings is 1. The molecule has 0 atom stereocenters. The van der Waals surface area contributed by atoms with E-state index in [2.05, 4.69) is 9.84 Å². The second-order valence-electron chi connectivity index (χ2n) is 6.20. The van der Waals surface area contributed by atoms with Gasteiger partial charge in [0, 0.05) is 25.4 Å². The maximum Gasteiger partial charge on any atom is 0.330 e. The Bertz CT molecular complexity index is 814. The number of hydrogen-bond acceptors (Lipinski definition) is 3. The number of hydrogen-bond donors (Lipinski definition) is 0. The molecule has 0 radical (unpaired) electrons. The Hall–Kier alpha value is -2.13. The molecule has 1 aromatic heterocycles. The van der Waals surface area contributed by atoms with Gasteiger partial charge in [-0.1, -0.05) is 23.7 Å². The Morgan fingerprint density at radius 2 is 2.11 bits per heavy atom. The van der Waals surface area contributed by atoms with E-state index in [0.717, 1.165) is 0 Å². The molecule has 28 heavy (non-hydrogen) atoms. The fourth-order valence-corrected chi connectivity index (χ4v) is 2.60. The van der Waals surface area contributed by atoms with Crippen LogP contribution in [0.2, 0.25) is 5.02 Å². The van der Waals surface area contributed by atoms with Crippen LogP contribution in [0.3, 0.4) is 0 Å². The van der Waals surface area contributed by atoms with E-state index in [1.807, 2.05) is 6.92 Å². The third-order valence-electron chi connectivity index (χ3n) is 3.90. The quantitative estimate of drug-likeness (QED) is 0.569. The van der Waals surface area contributed by atoms with Crippen LogP contribution in [-0.4, -0.2) is 46.6 Å². The van der Waals surface area contributed by atoms with Crippen LogP contribution in [0.1, 0.15) is 28.5 Å². The van der Waals surface area contributed by atoms with Gasteiger partial charge >= 0.3 is 12.3 Å². The van der Waals surface area contributed by atoms with Crippen molar-refractivity contribution in [2.75, 3.05) is 13.7 Å². The van der Waals surface area contributed by atoms with Gasteiger partial charge in [0.1, 0.15) is 12.3 Å². The van der Waals surface area contributed by atoms with Crippen molar-refractivity contribution >= 4 is 17.5 Å². The molecule has 1 amide bonds. The molecule has 0 saturated carbocycles. The van der Waals surface area contributed by atoms with E-state index in [4.69, 9.17) is 11.6 Å². The fourth-order valence-electron chi connectivity index (χ4n) is 2.39. The van der Waals surface area contributed by atoms with Crippen LogP contribution in [0.5, 0.6) is 0 Å². The summed E-state index contributed by atoms with van der Waals surface area (Å²) in [5.41, 5.74) is 1.26. The molecule has 2 rings (SSSR count). The van der Waals surface area contributed by atoms with Crippen LogP contribution in [0, 0.1) is 0 Å². The van der Waals surface area contributed by atoms with Crippen molar-refractivity contribution in [1.82, 2.24) is 14.7 Å². The van der Waals surface area contributed by atoms with Crippen molar-refractivity contribution in [2.45, 2.75) is 39.0 Å². The fraction of sp³-hybridized carbons (Fsp3) is 0.444. The van der Waals surface area contributed by atoms with Gasteiger partial charge in [0.15, 0.2) is 0 Å². The van der Waals surface area contributed by atoms with Gasteiger partial charge in [0.25, 0.3) is 5.91 Å². The number of alkyl halides is 4. The third kappa shape index (κ3) is 5.68. The van der Waals surface area contributed by atoms with E-state index in [1.165, 1.54) is 11.0 Å². The number of ether oxygens (including phenoxy) is 1. The summed E-state index contributed by atoms with van der Waals surface area (Å²) in [5.74, 6) is -4.55. The zero-order valence-corrected chi connectivity index (χ0v) is 16.1. The second-order valence-corrected chi connectivity index (χ2v) is 6.60. The van der Waals surface area contributed by atoms with Crippen molar-refractivity contribution in [3.05, 3.63) is 52.3 Å². The Balaban J connectivity index is 1.99. The molecular formula is C18H20ClF4N3O2. The molecule has 0 bridgehead atoms. The number of aryl methyl sites for hydroxylation is 1. The van der Waals surface area contributed by atoms with Crippen molar-refractivity contribution < 1.29 is 27.1 Å². The van der Waals surface area contributed by atoms with Crippen LogP contribution in [0.4, 0.5) is 17.6 Å². The molecule has 10 heteroatoms. The summed E-state index contributed by atoms with van der Waals surface area (Å²) in [4.78, 5) is 14.0. The minimum absolute atomic E-state index is 0.187. The average molecular weight is 422 g/mol. The summed E-state index contributed by atoms with van der Waals surface area (Å²) < 4.78 is 56.4. The van der Waals surface area contributed by atoms with Gasteiger partial charge < -0.3 is 9.64 Å². The van der Waals surface area contributed by atoms with Crippen LogP contribution < -0.4 is 0 Å². The lowest BCUT2D eigenvalue weighted by Crippen LogP contribution is -2.32. The van der Waals surface area contributed by atoms with Gasteiger partial charge in [-0.3, -0.25) is 9.48 Å². The zero-order chi connectivity index (χ0) is 20.9. The number of aromatic nitrogens is 2. The molecule has 0 aliphatic rings. The first-order chi connectivity index (χ1) is 13.1. The number of amides is 1. The lowest BCUT2D eigenvalue weighted by Gasteiger charge is -2.17. The predicted octanol–water partition coefficient (Wildman–Crippen LogP) is 4.25. The minimum Gasteiger partial charge on any atom is -0.370 e. The maximum atomic E-state index is 12.9. The number of carbonyl (C=O) groups is 1. The summed E-state index contributed by atoms with van der Waals surface area (Å²) >= 11 is 6.11. The van der Waals surface area contributed by atoms with E-state index in [9.17, 15) is 22.4 Å². The first kappa shape index (κ1) is 22.2. The first-order valence-corrected chi connectivity index (χ1v) is 8.81. The highest BCUT2D eigenvalue weighted by Crippen LogP contribution is 2.23. The molecule has 0 fully saturated rings. The van der Waals surface area contributed by atoms with E-state index in [-0.39, 0.29) is 19.1 Å². The lowest BCUT2D eigenvalue weighted by atomic mass is 10.1. The molecule has 0 unspecified atom stereocenters. The molecule has 0 spiro atoms. The molecule has 1 aromatic carbocycles. The topological polar surface area (TPSA) is 47.4 Å². The Morgan fingerprint density at radius 1 is 1.39 bits per heavy atom. The molecule has 0 aliphatic heterocycles. The number of halogens is 5. The zero-order valence-electron chi connectivity index (χ0n) is 15.3. The Kier molecular flexibility index (Phi) is 7.42. The van der Waals surface area contributed by atoms with E-state index < -0.39 is 19.0 Å². The largest absolute Gasteiger partial charge is 0.370 e. The van der Waals surface area contributed by atoms with Gasteiger partial charge in [0.2, 0.25) is 0 Å². The van der Waals surface area contributed by atoms with Gasteiger partial charge in [-0.2, -0.15) is 13.9 Å².